The summed E-state index contributed by atoms with van der Waals surface area (Å²) < 4.78 is 6.98. The summed E-state index contributed by atoms with van der Waals surface area (Å²) in [5, 5.41) is 27.1. The number of aromatic nitrogens is 4. The monoisotopic (exact) mass is 614 g/mol. The van der Waals surface area contributed by atoms with E-state index >= 15 is 0 Å². The number of amides is 2. The molecule has 0 aliphatic carbocycles. The van der Waals surface area contributed by atoms with Gasteiger partial charge in [0.05, 0.1) is 35.0 Å². The van der Waals surface area contributed by atoms with Gasteiger partial charge in [-0.25, -0.2) is 9.67 Å². The van der Waals surface area contributed by atoms with Crippen LogP contribution in [0.25, 0.3) is 0 Å². The Bertz CT molecular complexity index is 1430. The molecular formula is C24H22Cl4N6O5. The molecule has 2 atom stereocenters. The highest BCUT2D eigenvalue weighted by molar-refractivity contribution is 6.50. The van der Waals surface area contributed by atoms with Crippen LogP contribution in [0.2, 0.25) is 0 Å². The molecule has 0 radical (unpaired) electrons. The largest absolute Gasteiger partial charge is 0.444 e. The van der Waals surface area contributed by atoms with Crippen molar-refractivity contribution < 1.29 is 24.2 Å². The summed E-state index contributed by atoms with van der Waals surface area (Å²) in [7, 11) is 0. The van der Waals surface area contributed by atoms with Crippen LogP contribution in [-0.4, -0.2) is 64.3 Å². The molecule has 0 spiro atoms. The topological polar surface area (TPSA) is 138 Å². The average Bonchev–Trinajstić information content (AvgIpc) is 3.60. The van der Waals surface area contributed by atoms with E-state index in [1.54, 1.807) is 24.7 Å². The fraction of sp³-hybridized carbons (Fsp3) is 0.292. The van der Waals surface area contributed by atoms with Crippen molar-refractivity contribution in [3.8, 4) is 0 Å². The molecule has 2 aromatic heterocycles. The standard InChI is InChI=1S/C14H12Cl2N4O2.C10H10Cl2N2O3/c15-11-12(16)14(22)20(13(11)21)8-10-7-19(18-17-10)6-9-4-2-1-3-5-9;1-4-5(2)17-6(13-4)3-14-9(15)7(11)8(12)10(14)16/h1-5,7,13,21H,6,8H2;9,15H,3H2,1-2H3. The molecule has 0 saturated heterocycles. The number of rotatable bonds is 6. The van der Waals surface area contributed by atoms with Crippen molar-refractivity contribution in [1.82, 2.24) is 29.8 Å². The Morgan fingerprint density at radius 1 is 0.872 bits per heavy atom. The van der Waals surface area contributed by atoms with E-state index in [4.69, 9.17) is 50.8 Å². The lowest BCUT2D eigenvalue weighted by atomic mass is 10.2. The van der Waals surface area contributed by atoms with E-state index in [9.17, 15) is 19.8 Å². The first-order valence-corrected chi connectivity index (χ1v) is 12.9. The predicted molar refractivity (Wildman–Crippen MR) is 142 cm³/mol. The van der Waals surface area contributed by atoms with E-state index in [-0.39, 0.29) is 33.2 Å². The van der Waals surface area contributed by atoms with Gasteiger partial charge in [0.15, 0.2) is 12.5 Å². The molecule has 5 rings (SSSR count). The Morgan fingerprint density at radius 2 is 1.44 bits per heavy atom. The Balaban J connectivity index is 0.000000187. The van der Waals surface area contributed by atoms with E-state index in [0.29, 0.717) is 23.9 Å². The van der Waals surface area contributed by atoms with Crippen LogP contribution in [0.1, 0.15) is 28.6 Å². The molecule has 2 aliphatic rings. The maximum Gasteiger partial charge on any atom is 0.269 e. The molecule has 2 N–H and O–H groups in total. The number of carbonyl (C=O) groups is 2. The second kappa shape index (κ2) is 12.1. The summed E-state index contributed by atoms with van der Waals surface area (Å²) in [6.07, 6.45) is -0.752. The van der Waals surface area contributed by atoms with Gasteiger partial charge in [0, 0.05) is 0 Å². The lowest BCUT2D eigenvalue weighted by Crippen LogP contribution is -2.34. The maximum atomic E-state index is 11.9. The van der Waals surface area contributed by atoms with Gasteiger partial charge in [-0.15, -0.1) is 5.10 Å². The highest BCUT2D eigenvalue weighted by Gasteiger charge is 2.38. The van der Waals surface area contributed by atoms with Gasteiger partial charge in [-0.3, -0.25) is 14.5 Å². The minimum atomic E-state index is -1.24. The van der Waals surface area contributed by atoms with Crippen LogP contribution in [0.4, 0.5) is 0 Å². The molecule has 4 heterocycles. The molecular weight excluding hydrogens is 594 g/mol. The number of hydrogen-bond donors (Lipinski definition) is 2. The smallest absolute Gasteiger partial charge is 0.269 e. The molecule has 11 nitrogen and oxygen atoms in total. The maximum absolute atomic E-state index is 11.9. The van der Waals surface area contributed by atoms with Gasteiger partial charge in [-0.1, -0.05) is 81.9 Å². The zero-order chi connectivity index (χ0) is 28.4. The molecule has 2 unspecified atom stereocenters. The first-order valence-electron chi connectivity index (χ1n) is 11.4. The van der Waals surface area contributed by atoms with Crippen LogP contribution in [0.3, 0.4) is 0 Å². The van der Waals surface area contributed by atoms with Crippen molar-refractivity contribution in [2.75, 3.05) is 0 Å². The van der Waals surface area contributed by atoms with Crippen LogP contribution < -0.4 is 0 Å². The fourth-order valence-corrected chi connectivity index (χ4v) is 4.49. The molecule has 0 fully saturated rings. The van der Waals surface area contributed by atoms with Gasteiger partial charge in [-0.2, -0.15) is 0 Å². The Labute approximate surface area is 242 Å². The van der Waals surface area contributed by atoms with E-state index < -0.39 is 24.3 Å². The van der Waals surface area contributed by atoms with Crippen molar-refractivity contribution in [3.05, 3.63) is 85.3 Å². The summed E-state index contributed by atoms with van der Waals surface area (Å²) in [6.45, 7) is 4.25. The summed E-state index contributed by atoms with van der Waals surface area (Å²) in [6, 6.07) is 9.80. The number of aryl methyl sites for hydroxylation is 2. The Kier molecular flexibility index (Phi) is 9.00. The molecule has 206 valence electrons. The van der Waals surface area contributed by atoms with E-state index in [1.807, 2.05) is 30.3 Å². The minimum absolute atomic E-state index is 0.0289. The highest BCUT2D eigenvalue weighted by atomic mass is 35.5. The Hall–Kier alpha value is -2.93. The van der Waals surface area contributed by atoms with Crippen LogP contribution in [0.5, 0.6) is 0 Å². The van der Waals surface area contributed by atoms with Gasteiger partial charge < -0.3 is 19.5 Å². The number of carbonyl (C=O) groups excluding carboxylic acids is 2. The summed E-state index contributed by atoms with van der Waals surface area (Å²) >= 11 is 22.9. The van der Waals surface area contributed by atoms with Gasteiger partial charge >= 0.3 is 0 Å². The lowest BCUT2D eigenvalue weighted by Gasteiger charge is -2.19. The number of oxazole rings is 1. The van der Waals surface area contributed by atoms with E-state index in [1.165, 1.54) is 0 Å². The Morgan fingerprint density at radius 3 is 1.92 bits per heavy atom. The van der Waals surface area contributed by atoms with E-state index in [2.05, 4.69) is 15.3 Å². The summed E-state index contributed by atoms with van der Waals surface area (Å²) in [5.41, 5.74) is 2.37. The van der Waals surface area contributed by atoms with Gasteiger partial charge in [-0.05, 0) is 19.4 Å². The summed E-state index contributed by atoms with van der Waals surface area (Å²) in [4.78, 5) is 29.9. The second-order valence-corrected chi connectivity index (χ2v) is 10.1. The van der Waals surface area contributed by atoms with Crippen LogP contribution in [0, 0.1) is 13.8 Å². The number of halogens is 4. The van der Waals surface area contributed by atoms with Crippen LogP contribution >= 0.6 is 46.4 Å². The molecule has 1 aromatic carbocycles. The first kappa shape index (κ1) is 29.1. The molecule has 2 aliphatic heterocycles. The first-order chi connectivity index (χ1) is 18.5. The molecule has 15 heteroatoms. The van der Waals surface area contributed by atoms with Crippen molar-refractivity contribution in [2.45, 2.75) is 45.9 Å². The zero-order valence-electron chi connectivity index (χ0n) is 20.6. The van der Waals surface area contributed by atoms with Crippen LogP contribution in [-0.2, 0) is 29.2 Å². The molecule has 2 amide bonds. The number of hydrogen-bond acceptors (Lipinski definition) is 8. The molecule has 3 aromatic rings. The number of aliphatic hydroxyl groups is 2. The molecule has 0 saturated carbocycles. The third-order valence-corrected chi connectivity index (χ3v) is 7.54. The van der Waals surface area contributed by atoms with Gasteiger partial charge in [0.1, 0.15) is 28.1 Å². The van der Waals surface area contributed by atoms with Crippen molar-refractivity contribution in [2.24, 2.45) is 0 Å². The normalized spacial score (nSPS) is 19.4. The number of aliphatic hydroxyl groups excluding tert-OH is 2. The fourth-order valence-electron chi connectivity index (χ4n) is 3.68. The number of benzene rings is 1. The zero-order valence-corrected chi connectivity index (χ0v) is 23.6. The van der Waals surface area contributed by atoms with Crippen LogP contribution in [0.15, 0.2) is 61.1 Å². The third-order valence-electron chi connectivity index (χ3n) is 5.84. The van der Waals surface area contributed by atoms with E-state index in [0.717, 1.165) is 21.1 Å². The van der Waals surface area contributed by atoms with Crippen molar-refractivity contribution in [1.29, 1.82) is 0 Å². The van der Waals surface area contributed by atoms with Crippen molar-refractivity contribution >= 4 is 58.2 Å². The quantitative estimate of drug-likeness (QED) is 0.431. The number of nitrogens with zero attached hydrogens (tertiary/aromatic N) is 6. The second-order valence-electron chi connectivity index (χ2n) is 8.58. The SMILES string of the molecule is Cc1nc(CN2C(=O)C(Cl)=C(Cl)C2O)oc1C.O=C1C(Cl)=C(Cl)C(O)N1Cc1cn(Cc2ccccc2)nn1. The predicted octanol–water partition coefficient (Wildman–Crippen LogP) is 3.32. The van der Waals surface area contributed by atoms with Crippen molar-refractivity contribution in [3.63, 3.8) is 0 Å². The molecule has 39 heavy (non-hydrogen) atoms. The van der Waals surface area contributed by atoms with Gasteiger partial charge in [0.25, 0.3) is 11.8 Å². The minimum Gasteiger partial charge on any atom is -0.444 e. The lowest BCUT2D eigenvalue weighted by molar-refractivity contribution is -0.133. The summed E-state index contributed by atoms with van der Waals surface area (Å²) in [5.74, 6) is -0.0380. The third kappa shape index (κ3) is 6.29. The molecule has 0 bridgehead atoms. The highest BCUT2D eigenvalue weighted by Crippen LogP contribution is 2.32. The average molecular weight is 616 g/mol. The van der Waals surface area contributed by atoms with Gasteiger partial charge in [0.2, 0.25) is 5.89 Å².